The summed E-state index contributed by atoms with van der Waals surface area (Å²) in [5.74, 6) is 0.324. The third kappa shape index (κ3) is 2.26. The van der Waals surface area contributed by atoms with Crippen LogP contribution in [0.4, 0.5) is 0 Å². The first-order valence-electron chi connectivity index (χ1n) is 6.05. The van der Waals surface area contributed by atoms with Gasteiger partial charge in [0.15, 0.2) is 0 Å². The van der Waals surface area contributed by atoms with Crippen molar-refractivity contribution in [3.8, 4) is 0 Å². The average Bonchev–Trinajstić information content (AvgIpc) is 2.68. The Morgan fingerprint density at radius 3 is 2.69 bits per heavy atom. The Hall–Kier alpha value is -0.900. The molecule has 3 atom stereocenters. The van der Waals surface area contributed by atoms with Crippen molar-refractivity contribution in [3.63, 3.8) is 0 Å². The maximum atomic E-state index is 12.1. The second-order valence-corrected chi connectivity index (χ2v) is 4.91. The average molecular weight is 225 g/mol. The summed E-state index contributed by atoms with van der Waals surface area (Å²) < 4.78 is 5.56. The first kappa shape index (κ1) is 11.6. The van der Waals surface area contributed by atoms with Gasteiger partial charge in [0.2, 0.25) is 0 Å². The number of carbonyl (C=O) groups excluding carboxylic acids is 2. The summed E-state index contributed by atoms with van der Waals surface area (Å²) in [4.78, 5) is 25.2. The molecule has 2 heterocycles. The molecular weight excluding hydrogens is 206 g/mol. The highest BCUT2D eigenvalue weighted by molar-refractivity contribution is 5.86. The van der Waals surface area contributed by atoms with Crippen LogP contribution in [0.3, 0.4) is 0 Å². The molecule has 2 aliphatic rings. The molecule has 3 unspecified atom stereocenters. The highest BCUT2D eigenvalue weighted by Gasteiger charge is 2.34. The van der Waals surface area contributed by atoms with Gasteiger partial charge in [-0.2, -0.15) is 0 Å². The Morgan fingerprint density at radius 2 is 2.12 bits per heavy atom. The van der Waals surface area contributed by atoms with Crippen LogP contribution in [0.1, 0.15) is 33.1 Å². The van der Waals surface area contributed by atoms with Crippen LogP contribution in [0.2, 0.25) is 0 Å². The molecule has 2 aliphatic heterocycles. The number of rotatable bonds is 1. The fraction of sp³-hybridized carbons (Fsp3) is 0.833. The highest BCUT2D eigenvalue weighted by atomic mass is 16.5. The minimum atomic E-state index is -0.268. The molecule has 1 amide bonds. The van der Waals surface area contributed by atoms with Crippen molar-refractivity contribution in [2.24, 2.45) is 5.92 Å². The molecule has 90 valence electrons. The maximum Gasteiger partial charge on any atom is 0.251 e. The fourth-order valence-electron chi connectivity index (χ4n) is 2.40. The molecule has 0 N–H and O–H groups in total. The van der Waals surface area contributed by atoms with E-state index in [2.05, 4.69) is 0 Å². The van der Waals surface area contributed by atoms with Gasteiger partial charge in [0, 0.05) is 25.4 Å². The third-order valence-electron chi connectivity index (χ3n) is 3.49. The quantitative estimate of drug-likeness (QED) is 0.668. The molecule has 0 aromatic heterocycles. The van der Waals surface area contributed by atoms with Gasteiger partial charge in [0.05, 0.1) is 6.10 Å². The van der Waals surface area contributed by atoms with E-state index in [1.54, 1.807) is 4.90 Å². The first-order chi connectivity index (χ1) is 7.58. The lowest BCUT2D eigenvalue weighted by atomic mass is 9.98. The number of hydrogen-bond donors (Lipinski definition) is 0. The van der Waals surface area contributed by atoms with E-state index < -0.39 is 0 Å². The van der Waals surface area contributed by atoms with Crippen molar-refractivity contribution in [1.82, 2.24) is 4.90 Å². The lowest BCUT2D eigenvalue weighted by Gasteiger charge is -2.31. The standard InChI is InChI=1S/C12H19NO3/c1-8-7-13(6-5-10(8)14)12(15)11-4-3-9(2)16-11/h8-9,11H,3-7H2,1-2H3. The number of ether oxygens (including phenoxy) is 1. The summed E-state index contributed by atoms with van der Waals surface area (Å²) in [6.45, 7) is 5.01. The Balaban J connectivity index is 1.92. The predicted molar refractivity (Wildman–Crippen MR) is 58.9 cm³/mol. The van der Waals surface area contributed by atoms with Gasteiger partial charge in [-0.3, -0.25) is 9.59 Å². The monoisotopic (exact) mass is 225 g/mol. The first-order valence-corrected chi connectivity index (χ1v) is 6.05. The largest absolute Gasteiger partial charge is 0.365 e. The van der Waals surface area contributed by atoms with E-state index in [9.17, 15) is 9.59 Å². The Bertz CT molecular complexity index is 303. The van der Waals surface area contributed by atoms with Crippen molar-refractivity contribution in [3.05, 3.63) is 0 Å². The number of carbonyl (C=O) groups is 2. The molecule has 4 nitrogen and oxygen atoms in total. The number of likely N-dealkylation sites (tertiary alicyclic amines) is 1. The van der Waals surface area contributed by atoms with Crippen molar-refractivity contribution in [1.29, 1.82) is 0 Å². The van der Waals surface area contributed by atoms with Crippen molar-refractivity contribution >= 4 is 11.7 Å². The highest BCUT2D eigenvalue weighted by Crippen LogP contribution is 2.22. The maximum absolute atomic E-state index is 12.1. The van der Waals surface area contributed by atoms with Gasteiger partial charge >= 0.3 is 0 Å². The van der Waals surface area contributed by atoms with Gasteiger partial charge in [-0.15, -0.1) is 0 Å². The predicted octanol–water partition coefficient (Wildman–Crippen LogP) is 0.991. The molecule has 4 heteroatoms. The van der Waals surface area contributed by atoms with Crippen LogP contribution in [0, 0.1) is 5.92 Å². The molecule has 2 saturated heterocycles. The molecule has 0 aliphatic carbocycles. The van der Waals surface area contributed by atoms with Crippen LogP contribution in [0.25, 0.3) is 0 Å². The van der Waals surface area contributed by atoms with Crippen LogP contribution in [0.5, 0.6) is 0 Å². The summed E-state index contributed by atoms with van der Waals surface area (Å²) in [5.41, 5.74) is 0. The molecule has 0 aromatic carbocycles. The molecule has 0 saturated carbocycles. The summed E-state index contributed by atoms with van der Waals surface area (Å²) in [6, 6.07) is 0. The van der Waals surface area contributed by atoms with E-state index >= 15 is 0 Å². The molecule has 0 aromatic rings. The zero-order valence-corrected chi connectivity index (χ0v) is 9.94. The van der Waals surface area contributed by atoms with Gasteiger partial charge in [0.25, 0.3) is 5.91 Å². The topological polar surface area (TPSA) is 46.6 Å². The van der Waals surface area contributed by atoms with Crippen LogP contribution in [0.15, 0.2) is 0 Å². The fourth-order valence-corrected chi connectivity index (χ4v) is 2.40. The van der Waals surface area contributed by atoms with Gasteiger partial charge in [-0.05, 0) is 19.8 Å². The summed E-state index contributed by atoms with van der Waals surface area (Å²) in [6.07, 6.45) is 2.19. The minimum absolute atomic E-state index is 0.0171. The van der Waals surface area contributed by atoms with E-state index in [-0.39, 0.29) is 29.8 Å². The minimum Gasteiger partial charge on any atom is -0.365 e. The van der Waals surface area contributed by atoms with Gasteiger partial charge < -0.3 is 9.64 Å². The lowest BCUT2D eigenvalue weighted by molar-refractivity contribution is -0.146. The summed E-state index contributed by atoms with van der Waals surface area (Å²) in [5, 5.41) is 0. The number of hydrogen-bond acceptors (Lipinski definition) is 3. The molecule has 0 spiro atoms. The van der Waals surface area contributed by atoms with Crippen LogP contribution < -0.4 is 0 Å². The Kier molecular flexibility index (Phi) is 3.28. The van der Waals surface area contributed by atoms with Crippen LogP contribution in [-0.2, 0) is 14.3 Å². The number of Topliss-reactive ketones (excluding diaryl/α,β-unsaturated/α-hetero) is 1. The van der Waals surface area contributed by atoms with Gasteiger partial charge in [-0.25, -0.2) is 0 Å². The third-order valence-corrected chi connectivity index (χ3v) is 3.49. The van der Waals surface area contributed by atoms with Gasteiger partial charge in [0.1, 0.15) is 11.9 Å². The van der Waals surface area contributed by atoms with E-state index in [1.807, 2.05) is 13.8 Å². The van der Waals surface area contributed by atoms with Gasteiger partial charge in [-0.1, -0.05) is 6.92 Å². The molecule has 2 rings (SSSR count). The smallest absolute Gasteiger partial charge is 0.251 e. The molecule has 2 fully saturated rings. The molecule has 16 heavy (non-hydrogen) atoms. The van der Waals surface area contributed by atoms with Crippen molar-refractivity contribution < 1.29 is 14.3 Å². The normalized spacial score (nSPS) is 35.5. The number of nitrogens with zero attached hydrogens (tertiary/aromatic N) is 1. The van der Waals surface area contributed by atoms with Crippen molar-refractivity contribution in [2.75, 3.05) is 13.1 Å². The Morgan fingerprint density at radius 1 is 1.38 bits per heavy atom. The van der Waals surface area contributed by atoms with E-state index in [0.717, 1.165) is 12.8 Å². The van der Waals surface area contributed by atoms with E-state index in [1.165, 1.54) is 0 Å². The van der Waals surface area contributed by atoms with E-state index in [0.29, 0.717) is 19.5 Å². The second-order valence-electron chi connectivity index (χ2n) is 4.91. The molecular formula is C12H19NO3. The lowest BCUT2D eigenvalue weighted by Crippen LogP contribution is -2.47. The van der Waals surface area contributed by atoms with Crippen LogP contribution in [-0.4, -0.2) is 41.9 Å². The number of amides is 1. The SMILES string of the molecule is CC1CCC(C(=O)N2CCC(=O)C(C)C2)O1. The Labute approximate surface area is 95.9 Å². The van der Waals surface area contributed by atoms with Crippen molar-refractivity contribution in [2.45, 2.75) is 45.3 Å². The molecule has 0 radical (unpaired) electrons. The van der Waals surface area contributed by atoms with Crippen LogP contribution >= 0.6 is 0 Å². The zero-order chi connectivity index (χ0) is 11.7. The summed E-state index contributed by atoms with van der Waals surface area (Å²) in [7, 11) is 0. The summed E-state index contributed by atoms with van der Waals surface area (Å²) >= 11 is 0. The molecule has 0 bridgehead atoms. The van der Waals surface area contributed by atoms with E-state index in [4.69, 9.17) is 4.74 Å². The zero-order valence-electron chi connectivity index (χ0n) is 9.94. The second kappa shape index (κ2) is 4.53. The number of ketones is 1. The number of piperidine rings is 1.